The number of nitrogens with zero attached hydrogens (tertiary/aromatic N) is 1. The first-order valence-corrected chi connectivity index (χ1v) is 4.09. The van der Waals surface area contributed by atoms with E-state index in [4.69, 9.17) is 4.74 Å². The zero-order chi connectivity index (χ0) is 9.42. The predicted molar refractivity (Wildman–Crippen MR) is 47.0 cm³/mol. The van der Waals surface area contributed by atoms with Gasteiger partial charge in [0.05, 0.1) is 11.5 Å². The Hall–Kier alpha value is -1.58. The Balaban J connectivity index is 2.62. The van der Waals surface area contributed by atoms with Crippen LogP contribution in [0.4, 0.5) is 5.69 Å². The lowest BCUT2D eigenvalue weighted by atomic mass is 10.1. The monoisotopic (exact) mass is 179 g/mol. The minimum absolute atomic E-state index is 0.0903. The molecule has 13 heavy (non-hydrogen) atoms. The molecule has 0 saturated heterocycles. The third-order valence-corrected chi connectivity index (χ3v) is 2.11. The summed E-state index contributed by atoms with van der Waals surface area (Å²) in [5, 5.41) is 10.6. The van der Waals surface area contributed by atoms with Crippen molar-refractivity contribution >= 4 is 5.69 Å². The Morgan fingerprint density at radius 3 is 3.00 bits per heavy atom. The van der Waals surface area contributed by atoms with E-state index < -0.39 is 4.92 Å². The summed E-state index contributed by atoms with van der Waals surface area (Å²) in [6.07, 6.45) is 0.776. The number of fused-ring (bicyclic) bond motifs is 1. The topological polar surface area (TPSA) is 52.4 Å². The van der Waals surface area contributed by atoms with Crippen LogP contribution in [0.2, 0.25) is 0 Å². The number of rotatable bonds is 1. The summed E-state index contributed by atoms with van der Waals surface area (Å²) >= 11 is 0. The van der Waals surface area contributed by atoms with Crippen LogP contribution < -0.4 is 4.74 Å². The van der Waals surface area contributed by atoms with Gasteiger partial charge in [0.2, 0.25) is 0 Å². The summed E-state index contributed by atoms with van der Waals surface area (Å²) in [5.74, 6) is 0.454. The van der Waals surface area contributed by atoms with Gasteiger partial charge in [0.15, 0.2) is 5.75 Å². The van der Waals surface area contributed by atoms with Gasteiger partial charge in [-0.3, -0.25) is 10.1 Å². The van der Waals surface area contributed by atoms with Crippen molar-refractivity contribution in [1.29, 1.82) is 0 Å². The third-order valence-electron chi connectivity index (χ3n) is 2.11. The molecule has 2 rings (SSSR count). The molecule has 0 aromatic heterocycles. The van der Waals surface area contributed by atoms with E-state index in [2.05, 4.69) is 0 Å². The average molecular weight is 179 g/mol. The highest BCUT2D eigenvalue weighted by molar-refractivity contribution is 5.55. The summed E-state index contributed by atoms with van der Waals surface area (Å²) in [6, 6.07) is 3.49. The SMILES string of the molecule is Cc1cc2c(c([N+](=O)[O-])c1)OCC2. The van der Waals surface area contributed by atoms with Gasteiger partial charge in [-0.15, -0.1) is 0 Å². The van der Waals surface area contributed by atoms with Crippen molar-refractivity contribution in [1.82, 2.24) is 0 Å². The number of nitro groups is 1. The van der Waals surface area contributed by atoms with Crippen molar-refractivity contribution < 1.29 is 9.66 Å². The Labute approximate surface area is 75.3 Å². The minimum Gasteiger partial charge on any atom is -0.486 e. The molecule has 0 amide bonds. The van der Waals surface area contributed by atoms with Crippen LogP contribution in [0, 0.1) is 17.0 Å². The van der Waals surface area contributed by atoms with Crippen LogP contribution in [0.5, 0.6) is 5.75 Å². The summed E-state index contributed by atoms with van der Waals surface area (Å²) in [6.45, 7) is 2.41. The highest BCUT2D eigenvalue weighted by Crippen LogP contribution is 2.36. The summed E-state index contributed by atoms with van der Waals surface area (Å²) in [5.41, 5.74) is 1.95. The number of ether oxygens (including phenoxy) is 1. The lowest BCUT2D eigenvalue weighted by Crippen LogP contribution is -1.93. The fourth-order valence-electron chi connectivity index (χ4n) is 1.58. The van der Waals surface area contributed by atoms with Crippen LogP contribution in [0.25, 0.3) is 0 Å². The molecule has 1 aliphatic rings. The van der Waals surface area contributed by atoms with Crippen molar-refractivity contribution in [3.63, 3.8) is 0 Å². The molecule has 0 radical (unpaired) electrons. The number of hydrogen-bond donors (Lipinski definition) is 0. The van der Waals surface area contributed by atoms with Crippen LogP contribution in [0.1, 0.15) is 11.1 Å². The van der Waals surface area contributed by atoms with E-state index in [1.807, 2.05) is 13.0 Å². The predicted octanol–water partition coefficient (Wildman–Crippen LogP) is 1.84. The maximum absolute atomic E-state index is 10.6. The lowest BCUT2D eigenvalue weighted by molar-refractivity contribution is -0.385. The third kappa shape index (κ3) is 1.24. The molecule has 0 bridgehead atoms. The molecule has 1 heterocycles. The first-order valence-electron chi connectivity index (χ1n) is 4.09. The molecule has 0 fully saturated rings. The molecule has 4 nitrogen and oxygen atoms in total. The van der Waals surface area contributed by atoms with E-state index in [1.165, 1.54) is 0 Å². The zero-order valence-corrected chi connectivity index (χ0v) is 7.24. The fraction of sp³-hybridized carbons (Fsp3) is 0.333. The van der Waals surface area contributed by atoms with Gasteiger partial charge in [0.1, 0.15) is 0 Å². The van der Waals surface area contributed by atoms with Crippen molar-refractivity contribution in [2.45, 2.75) is 13.3 Å². The molecule has 0 spiro atoms. The van der Waals surface area contributed by atoms with Gasteiger partial charge in [-0.1, -0.05) is 6.07 Å². The Morgan fingerprint density at radius 1 is 1.54 bits per heavy atom. The van der Waals surface area contributed by atoms with Gasteiger partial charge in [-0.2, -0.15) is 0 Å². The smallest absolute Gasteiger partial charge is 0.311 e. The number of benzene rings is 1. The molecule has 1 aliphatic heterocycles. The summed E-state index contributed by atoms with van der Waals surface area (Å²) in [4.78, 5) is 10.2. The quantitative estimate of drug-likeness (QED) is 0.488. The number of nitro benzene ring substituents is 1. The van der Waals surface area contributed by atoms with Crippen LogP contribution in [0.15, 0.2) is 12.1 Å². The van der Waals surface area contributed by atoms with Gasteiger partial charge in [-0.25, -0.2) is 0 Å². The lowest BCUT2D eigenvalue weighted by Gasteiger charge is -2.01. The van der Waals surface area contributed by atoms with Gasteiger partial charge in [0.25, 0.3) is 0 Å². The first kappa shape index (κ1) is 8.04. The number of hydrogen-bond acceptors (Lipinski definition) is 3. The molecule has 68 valence electrons. The van der Waals surface area contributed by atoms with E-state index >= 15 is 0 Å². The van der Waals surface area contributed by atoms with Crippen LogP contribution in [0.3, 0.4) is 0 Å². The molecule has 4 heteroatoms. The largest absolute Gasteiger partial charge is 0.486 e. The molecule has 1 aromatic carbocycles. The molecular weight excluding hydrogens is 170 g/mol. The van der Waals surface area contributed by atoms with Crippen molar-refractivity contribution in [2.75, 3.05) is 6.61 Å². The highest BCUT2D eigenvalue weighted by atomic mass is 16.6. The van der Waals surface area contributed by atoms with E-state index in [0.717, 1.165) is 17.5 Å². The highest BCUT2D eigenvalue weighted by Gasteiger charge is 2.23. The molecule has 0 saturated carbocycles. The Bertz CT molecular complexity index is 373. The van der Waals surface area contributed by atoms with Crippen LogP contribution >= 0.6 is 0 Å². The molecule has 0 unspecified atom stereocenters. The van der Waals surface area contributed by atoms with Gasteiger partial charge < -0.3 is 4.74 Å². The first-order chi connectivity index (χ1) is 6.18. The second-order valence-electron chi connectivity index (χ2n) is 3.13. The maximum atomic E-state index is 10.6. The summed E-state index contributed by atoms with van der Waals surface area (Å²) < 4.78 is 5.20. The molecule has 0 atom stereocenters. The number of aryl methyl sites for hydroxylation is 1. The maximum Gasteiger partial charge on any atom is 0.311 e. The second-order valence-corrected chi connectivity index (χ2v) is 3.13. The van der Waals surface area contributed by atoms with E-state index in [-0.39, 0.29) is 5.69 Å². The van der Waals surface area contributed by atoms with E-state index in [9.17, 15) is 10.1 Å². The van der Waals surface area contributed by atoms with Gasteiger partial charge >= 0.3 is 5.69 Å². The van der Waals surface area contributed by atoms with Gasteiger partial charge in [0, 0.05) is 18.1 Å². The van der Waals surface area contributed by atoms with Gasteiger partial charge in [-0.05, 0) is 12.5 Å². The molecule has 0 aliphatic carbocycles. The van der Waals surface area contributed by atoms with Crippen molar-refractivity contribution in [3.8, 4) is 5.75 Å². The molecular formula is C9H9NO3. The Morgan fingerprint density at radius 2 is 2.31 bits per heavy atom. The zero-order valence-electron chi connectivity index (χ0n) is 7.24. The van der Waals surface area contributed by atoms with E-state index in [1.54, 1.807) is 6.07 Å². The van der Waals surface area contributed by atoms with E-state index in [0.29, 0.717) is 12.4 Å². The standard InChI is InChI=1S/C9H9NO3/c1-6-4-7-2-3-13-9(7)8(5-6)10(11)12/h4-5H,2-3H2,1H3. The minimum atomic E-state index is -0.392. The van der Waals surface area contributed by atoms with Crippen molar-refractivity contribution in [3.05, 3.63) is 33.4 Å². The average Bonchev–Trinajstić information content (AvgIpc) is 2.49. The molecule has 0 N–H and O–H groups in total. The normalized spacial score (nSPS) is 13.6. The second kappa shape index (κ2) is 2.73. The Kier molecular flexibility index (Phi) is 1.69. The summed E-state index contributed by atoms with van der Waals surface area (Å²) in [7, 11) is 0. The van der Waals surface area contributed by atoms with Crippen LogP contribution in [-0.2, 0) is 6.42 Å². The fourth-order valence-corrected chi connectivity index (χ4v) is 1.58. The van der Waals surface area contributed by atoms with Crippen molar-refractivity contribution in [2.24, 2.45) is 0 Å². The van der Waals surface area contributed by atoms with Crippen LogP contribution in [-0.4, -0.2) is 11.5 Å². The molecule has 1 aromatic rings.